The molecule has 0 atom stereocenters. The normalized spacial score (nSPS) is 10.4. The number of rotatable bonds is 6. The predicted octanol–water partition coefficient (Wildman–Crippen LogP) is 1.30. The van der Waals surface area contributed by atoms with Gasteiger partial charge in [-0.25, -0.2) is 0 Å². The second-order valence-electron chi connectivity index (χ2n) is 4.37. The summed E-state index contributed by atoms with van der Waals surface area (Å²) < 4.78 is 13.5. The van der Waals surface area contributed by atoms with Gasteiger partial charge in [-0.15, -0.1) is 0 Å². The maximum atomic E-state index is 6.01. The van der Waals surface area contributed by atoms with Crippen molar-refractivity contribution in [2.45, 2.75) is 13.8 Å². The third-order valence-electron chi connectivity index (χ3n) is 2.80. The molecule has 4 N–H and O–H groups in total. The average molecular weight is 400 g/mol. The number of nitrogens with two attached hydrogens (primary N) is 2. The quantitative estimate of drug-likeness (QED) is 0.567. The summed E-state index contributed by atoms with van der Waals surface area (Å²) in [6.45, 7) is 5.14. The molecule has 0 aliphatic carbocycles. The second-order valence-corrected chi connectivity index (χ2v) is 7.64. The molecule has 0 fully saturated rings. The van der Waals surface area contributed by atoms with Crippen LogP contribution < -0.4 is 28.2 Å². The molecule has 21 heavy (non-hydrogen) atoms. The van der Waals surface area contributed by atoms with Crippen molar-refractivity contribution in [3.63, 3.8) is 0 Å². The van der Waals surface area contributed by atoms with E-state index in [4.69, 9.17) is 20.9 Å². The Balaban J connectivity index is 2.18. The molecule has 2 aromatic rings. The van der Waals surface area contributed by atoms with Crippen LogP contribution in [0.15, 0.2) is 36.4 Å². The fourth-order valence-corrected chi connectivity index (χ4v) is 4.43. The van der Waals surface area contributed by atoms with Gasteiger partial charge in [0.25, 0.3) is 0 Å². The van der Waals surface area contributed by atoms with E-state index >= 15 is 0 Å². The Morgan fingerprint density at radius 2 is 1.43 bits per heavy atom. The first kappa shape index (κ1) is 15.8. The molecule has 0 unspecified atom stereocenters. The second kappa shape index (κ2) is 7.44. The van der Waals surface area contributed by atoms with Crippen molar-refractivity contribution in [2.75, 3.05) is 24.7 Å². The Hall–Kier alpha value is -1.57. The van der Waals surface area contributed by atoms with Crippen molar-refractivity contribution in [3.8, 4) is 11.5 Å². The van der Waals surface area contributed by atoms with Gasteiger partial charge in [-0.3, -0.25) is 0 Å². The molecule has 112 valence electrons. The summed E-state index contributed by atoms with van der Waals surface area (Å²) in [5.74, 6) is 1.51. The standard InChI is InChI=1S/C16H20N2O2Te/c1-3-19-15-8-6-11(9-14(15)18)21-12-5-7-13(17)16(10-12)20-4-2/h5-10H,3-4,17-18H2,1-2H3. The summed E-state index contributed by atoms with van der Waals surface area (Å²) in [5.41, 5.74) is 13.3. The zero-order valence-corrected chi connectivity index (χ0v) is 14.6. The Labute approximate surface area is 135 Å². The molecule has 0 aliphatic rings. The van der Waals surface area contributed by atoms with E-state index < -0.39 is 20.9 Å². The first-order valence-corrected chi connectivity index (χ1v) is 9.19. The van der Waals surface area contributed by atoms with Crippen molar-refractivity contribution in [1.82, 2.24) is 0 Å². The number of benzene rings is 2. The topological polar surface area (TPSA) is 70.5 Å². The van der Waals surface area contributed by atoms with Crippen molar-refractivity contribution in [1.29, 1.82) is 0 Å². The van der Waals surface area contributed by atoms with Gasteiger partial charge < -0.3 is 0 Å². The Bertz CT molecular complexity index is 617. The Kier molecular flexibility index (Phi) is 5.60. The predicted molar refractivity (Wildman–Crippen MR) is 89.1 cm³/mol. The van der Waals surface area contributed by atoms with Gasteiger partial charge in [0.1, 0.15) is 0 Å². The van der Waals surface area contributed by atoms with Gasteiger partial charge in [-0.05, 0) is 0 Å². The SMILES string of the molecule is CCOc1ccc([Te]c2ccc(N)c(OCC)c2)cc1N. The van der Waals surface area contributed by atoms with Gasteiger partial charge in [-0.1, -0.05) is 0 Å². The molecule has 0 bridgehead atoms. The number of ether oxygens (including phenoxy) is 2. The van der Waals surface area contributed by atoms with E-state index in [-0.39, 0.29) is 0 Å². The molecule has 0 heterocycles. The number of nitrogen functional groups attached to an aromatic ring is 2. The van der Waals surface area contributed by atoms with Gasteiger partial charge in [0, 0.05) is 0 Å². The van der Waals surface area contributed by atoms with E-state index in [0.29, 0.717) is 24.6 Å². The molecular weight excluding hydrogens is 380 g/mol. The molecular formula is C16H20N2O2Te. The zero-order chi connectivity index (χ0) is 15.2. The first-order chi connectivity index (χ1) is 10.1. The summed E-state index contributed by atoms with van der Waals surface area (Å²) in [5, 5.41) is 0. The molecule has 0 spiro atoms. The van der Waals surface area contributed by atoms with Gasteiger partial charge in [-0.2, -0.15) is 0 Å². The van der Waals surface area contributed by atoms with Crippen molar-refractivity contribution in [2.24, 2.45) is 0 Å². The van der Waals surface area contributed by atoms with E-state index in [1.165, 1.54) is 7.22 Å². The molecule has 0 aliphatic heterocycles. The number of hydrogen-bond donors (Lipinski definition) is 2. The van der Waals surface area contributed by atoms with E-state index in [0.717, 1.165) is 11.5 Å². The molecule has 0 saturated carbocycles. The minimum atomic E-state index is -0.522. The van der Waals surface area contributed by atoms with Crippen LogP contribution in [0.4, 0.5) is 11.4 Å². The summed E-state index contributed by atoms with van der Waals surface area (Å²) in [7, 11) is 0. The summed E-state index contributed by atoms with van der Waals surface area (Å²) in [6, 6.07) is 12.0. The van der Waals surface area contributed by atoms with Crippen molar-refractivity contribution in [3.05, 3.63) is 36.4 Å². The van der Waals surface area contributed by atoms with E-state index in [1.807, 2.05) is 38.1 Å². The molecule has 0 saturated heterocycles. The number of anilines is 2. The maximum absolute atomic E-state index is 6.01. The Morgan fingerprint density at radius 3 is 2.10 bits per heavy atom. The van der Waals surface area contributed by atoms with Gasteiger partial charge >= 0.3 is 135 Å². The van der Waals surface area contributed by atoms with E-state index in [9.17, 15) is 0 Å². The molecule has 5 heteroatoms. The Morgan fingerprint density at radius 1 is 0.810 bits per heavy atom. The summed E-state index contributed by atoms with van der Waals surface area (Å²) >= 11 is -0.522. The fraction of sp³-hybridized carbons (Fsp3) is 0.250. The fourth-order valence-electron chi connectivity index (χ4n) is 1.87. The molecule has 0 aromatic heterocycles. The molecule has 0 radical (unpaired) electrons. The van der Waals surface area contributed by atoms with Crippen molar-refractivity contribution >= 4 is 39.5 Å². The van der Waals surface area contributed by atoms with Crippen LogP contribution in [0.25, 0.3) is 0 Å². The van der Waals surface area contributed by atoms with E-state index in [2.05, 4.69) is 12.1 Å². The number of hydrogen-bond acceptors (Lipinski definition) is 4. The zero-order valence-electron chi connectivity index (χ0n) is 12.3. The van der Waals surface area contributed by atoms with Crippen LogP contribution in [0.2, 0.25) is 0 Å². The molecule has 0 amide bonds. The van der Waals surface area contributed by atoms with Gasteiger partial charge in [0.15, 0.2) is 0 Å². The molecule has 2 rings (SSSR count). The van der Waals surface area contributed by atoms with Crippen LogP contribution >= 0.6 is 0 Å². The molecule has 4 nitrogen and oxygen atoms in total. The van der Waals surface area contributed by atoms with E-state index in [1.54, 1.807) is 0 Å². The van der Waals surface area contributed by atoms with Crippen LogP contribution in [0.1, 0.15) is 13.8 Å². The first-order valence-electron chi connectivity index (χ1n) is 6.86. The summed E-state index contributed by atoms with van der Waals surface area (Å²) in [6.07, 6.45) is 0. The van der Waals surface area contributed by atoms with Crippen LogP contribution in [0.5, 0.6) is 11.5 Å². The minimum absolute atomic E-state index is 0.522. The molecule has 2 aromatic carbocycles. The van der Waals surface area contributed by atoms with Crippen LogP contribution in [-0.4, -0.2) is 34.1 Å². The summed E-state index contributed by atoms with van der Waals surface area (Å²) in [4.78, 5) is 0. The third-order valence-corrected chi connectivity index (χ3v) is 5.60. The van der Waals surface area contributed by atoms with Crippen LogP contribution in [-0.2, 0) is 0 Å². The van der Waals surface area contributed by atoms with Gasteiger partial charge in [0.2, 0.25) is 0 Å². The third kappa shape index (κ3) is 4.20. The van der Waals surface area contributed by atoms with Crippen LogP contribution in [0.3, 0.4) is 0 Å². The van der Waals surface area contributed by atoms with Gasteiger partial charge in [0.05, 0.1) is 0 Å². The average Bonchev–Trinajstić information content (AvgIpc) is 2.46. The van der Waals surface area contributed by atoms with Crippen LogP contribution in [0, 0.1) is 0 Å². The monoisotopic (exact) mass is 402 g/mol. The van der Waals surface area contributed by atoms with Crippen molar-refractivity contribution < 1.29 is 9.47 Å².